The van der Waals surface area contributed by atoms with Crippen LogP contribution in [0.2, 0.25) is 0 Å². The standard InChI is InChI=1S/C19H22FN3O2/c1-4-8-23-15-11-22(10-12(2)3)18(24)16(15)17(21-19(23)25)13-6-5-7-14(20)9-13/h4-7,9,12,17H,1,8,10-11H2,2-3H3,(H,21,25). The van der Waals surface area contributed by atoms with Crippen LogP contribution in [0.3, 0.4) is 0 Å². The van der Waals surface area contributed by atoms with E-state index in [9.17, 15) is 14.0 Å². The van der Waals surface area contributed by atoms with Crippen molar-refractivity contribution >= 4 is 11.9 Å². The first-order chi connectivity index (χ1) is 11.9. The Balaban J connectivity index is 2.04. The van der Waals surface area contributed by atoms with Crippen LogP contribution in [0.25, 0.3) is 0 Å². The van der Waals surface area contributed by atoms with Gasteiger partial charge in [0.15, 0.2) is 0 Å². The van der Waals surface area contributed by atoms with E-state index in [4.69, 9.17) is 0 Å². The summed E-state index contributed by atoms with van der Waals surface area (Å²) in [7, 11) is 0. The van der Waals surface area contributed by atoms with Crippen LogP contribution in [-0.4, -0.2) is 41.4 Å². The molecule has 6 heteroatoms. The molecule has 0 spiro atoms. The average molecular weight is 343 g/mol. The molecule has 25 heavy (non-hydrogen) atoms. The maximum absolute atomic E-state index is 13.7. The van der Waals surface area contributed by atoms with Crippen LogP contribution >= 0.6 is 0 Å². The van der Waals surface area contributed by atoms with Crippen molar-refractivity contribution in [3.63, 3.8) is 0 Å². The first kappa shape index (κ1) is 17.2. The zero-order valence-electron chi connectivity index (χ0n) is 14.5. The van der Waals surface area contributed by atoms with Crippen LogP contribution in [0.5, 0.6) is 0 Å². The van der Waals surface area contributed by atoms with Gasteiger partial charge in [0, 0.05) is 13.1 Å². The number of hydrogen-bond donors (Lipinski definition) is 1. The number of nitrogens with zero attached hydrogens (tertiary/aromatic N) is 2. The van der Waals surface area contributed by atoms with Gasteiger partial charge < -0.3 is 10.2 Å². The van der Waals surface area contributed by atoms with Crippen molar-refractivity contribution in [3.05, 3.63) is 59.6 Å². The summed E-state index contributed by atoms with van der Waals surface area (Å²) in [6.45, 7) is 9.09. The third-order valence-electron chi connectivity index (χ3n) is 4.38. The fourth-order valence-corrected chi connectivity index (χ4v) is 3.40. The molecule has 2 aliphatic rings. The highest BCUT2D eigenvalue weighted by molar-refractivity contribution is 6.01. The molecule has 1 N–H and O–H groups in total. The molecule has 0 saturated carbocycles. The lowest BCUT2D eigenvalue weighted by Gasteiger charge is -2.33. The van der Waals surface area contributed by atoms with Crippen LogP contribution in [0.1, 0.15) is 25.5 Å². The van der Waals surface area contributed by atoms with Gasteiger partial charge >= 0.3 is 6.03 Å². The Morgan fingerprint density at radius 1 is 1.40 bits per heavy atom. The summed E-state index contributed by atoms with van der Waals surface area (Å²) in [6.07, 6.45) is 1.63. The lowest BCUT2D eigenvalue weighted by atomic mass is 9.95. The van der Waals surface area contributed by atoms with E-state index in [1.54, 1.807) is 23.1 Å². The summed E-state index contributed by atoms with van der Waals surface area (Å²) in [4.78, 5) is 28.8. The van der Waals surface area contributed by atoms with Crippen molar-refractivity contribution in [1.29, 1.82) is 0 Å². The van der Waals surface area contributed by atoms with Crippen LogP contribution in [0.4, 0.5) is 9.18 Å². The molecule has 3 rings (SSSR count). The number of halogens is 1. The number of urea groups is 1. The second-order valence-corrected chi connectivity index (χ2v) is 6.78. The highest BCUT2D eigenvalue weighted by Gasteiger charge is 2.43. The van der Waals surface area contributed by atoms with Gasteiger partial charge in [0.2, 0.25) is 0 Å². The topological polar surface area (TPSA) is 52.7 Å². The van der Waals surface area contributed by atoms with E-state index in [2.05, 4.69) is 11.9 Å². The molecule has 3 amide bonds. The van der Waals surface area contributed by atoms with Gasteiger partial charge in [0.1, 0.15) is 5.82 Å². The largest absolute Gasteiger partial charge is 0.333 e. The monoisotopic (exact) mass is 343 g/mol. The zero-order chi connectivity index (χ0) is 18.1. The Morgan fingerprint density at radius 3 is 2.80 bits per heavy atom. The first-order valence-corrected chi connectivity index (χ1v) is 8.39. The third kappa shape index (κ3) is 3.16. The van der Waals surface area contributed by atoms with Crippen molar-refractivity contribution in [1.82, 2.24) is 15.1 Å². The second kappa shape index (κ2) is 6.70. The summed E-state index contributed by atoms with van der Waals surface area (Å²) in [5, 5.41) is 2.84. The summed E-state index contributed by atoms with van der Waals surface area (Å²) >= 11 is 0. The van der Waals surface area contributed by atoms with Crippen molar-refractivity contribution in [2.75, 3.05) is 19.6 Å². The molecule has 132 valence electrons. The van der Waals surface area contributed by atoms with E-state index < -0.39 is 11.9 Å². The van der Waals surface area contributed by atoms with E-state index >= 15 is 0 Å². The number of benzene rings is 1. The molecular formula is C19H22FN3O2. The van der Waals surface area contributed by atoms with Gasteiger partial charge in [0.05, 0.1) is 23.9 Å². The Kier molecular flexibility index (Phi) is 4.61. The molecule has 2 heterocycles. The molecule has 0 saturated heterocycles. The number of carbonyl (C=O) groups is 2. The molecule has 1 aromatic carbocycles. The molecule has 0 fully saturated rings. The second-order valence-electron chi connectivity index (χ2n) is 6.78. The zero-order valence-corrected chi connectivity index (χ0v) is 14.5. The quantitative estimate of drug-likeness (QED) is 0.836. The molecule has 2 aliphatic heterocycles. The number of nitrogens with one attached hydrogen (secondary N) is 1. The number of amides is 3. The van der Waals surface area contributed by atoms with E-state index in [1.807, 2.05) is 13.8 Å². The summed E-state index contributed by atoms with van der Waals surface area (Å²) in [5.74, 6) is -0.187. The number of carbonyl (C=O) groups excluding carboxylic acids is 2. The van der Waals surface area contributed by atoms with Crippen molar-refractivity contribution in [2.45, 2.75) is 19.9 Å². The normalized spacial score (nSPS) is 20.2. The Hall–Kier alpha value is -2.63. The van der Waals surface area contributed by atoms with Gasteiger partial charge in [-0.3, -0.25) is 9.69 Å². The average Bonchev–Trinajstić information content (AvgIpc) is 2.86. The van der Waals surface area contributed by atoms with Crippen LogP contribution in [-0.2, 0) is 4.79 Å². The van der Waals surface area contributed by atoms with Crippen LogP contribution in [0.15, 0.2) is 48.2 Å². The van der Waals surface area contributed by atoms with E-state index in [0.29, 0.717) is 42.4 Å². The molecule has 0 bridgehead atoms. The Bertz CT molecular complexity index is 757. The Morgan fingerprint density at radius 2 is 2.16 bits per heavy atom. The van der Waals surface area contributed by atoms with Gasteiger partial charge in [0.25, 0.3) is 5.91 Å². The summed E-state index contributed by atoms with van der Waals surface area (Å²) in [5.41, 5.74) is 1.77. The van der Waals surface area contributed by atoms with Crippen molar-refractivity contribution < 1.29 is 14.0 Å². The fourth-order valence-electron chi connectivity index (χ4n) is 3.40. The molecule has 0 radical (unpaired) electrons. The molecular weight excluding hydrogens is 321 g/mol. The summed E-state index contributed by atoms with van der Waals surface area (Å²) < 4.78 is 13.7. The lowest BCUT2D eigenvalue weighted by Crippen LogP contribution is -2.47. The van der Waals surface area contributed by atoms with Gasteiger partial charge in [-0.1, -0.05) is 32.1 Å². The maximum atomic E-state index is 13.7. The minimum Gasteiger partial charge on any atom is -0.333 e. The minimum atomic E-state index is -0.635. The van der Waals surface area contributed by atoms with Gasteiger partial charge in [-0.15, -0.1) is 6.58 Å². The van der Waals surface area contributed by atoms with E-state index in [1.165, 1.54) is 17.0 Å². The highest BCUT2D eigenvalue weighted by Crippen LogP contribution is 2.36. The van der Waals surface area contributed by atoms with Gasteiger partial charge in [-0.05, 0) is 23.6 Å². The van der Waals surface area contributed by atoms with Crippen molar-refractivity contribution in [2.24, 2.45) is 5.92 Å². The molecule has 5 nitrogen and oxygen atoms in total. The van der Waals surface area contributed by atoms with E-state index in [0.717, 1.165) is 0 Å². The predicted octanol–water partition coefficient (Wildman–Crippen LogP) is 2.83. The molecule has 1 atom stereocenters. The third-order valence-corrected chi connectivity index (χ3v) is 4.38. The van der Waals surface area contributed by atoms with Crippen LogP contribution < -0.4 is 5.32 Å². The summed E-state index contributed by atoms with van der Waals surface area (Å²) in [6, 6.07) is 5.07. The van der Waals surface area contributed by atoms with Crippen LogP contribution in [0, 0.1) is 11.7 Å². The molecule has 0 aliphatic carbocycles. The fraction of sp³-hybridized carbons (Fsp3) is 0.368. The number of hydrogen-bond acceptors (Lipinski definition) is 2. The molecule has 1 unspecified atom stereocenters. The smallest absolute Gasteiger partial charge is 0.322 e. The van der Waals surface area contributed by atoms with E-state index in [-0.39, 0.29) is 11.9 Å². The maximum Gasteiger partial charge on any atom is 0.322 e. The molecule has 0 aromatic heterocycles. The van der Waals surface area contributed by atoms with Gasteiger partial charge in [-0.25, -0.2) is 9.18 Å². The first-order valence-electron chi connectivity index (χ1n) is 8.39. The highest BCUT2D eigenvalue weighted by atomic mass is 19.1. The predicted molar refractivity (Wildman–Crippen MR) is 93.0 cm³/mol. The lowest BCUT2D eigenvalue weighted by molar-refractivity contribution is -0.126. The minimum absolute atomic E-state index is 0.105. The van der Waals surface area contributed by atoms with Crippen molar-refractivity contribution in [3.8, 4) is 0 Å². The molecule has 1 aromatic rings. The Labute approximate surface area is 146 Å². The SMILES string of the molecule is C=CCN1C(=O)NC(c2cccc(F)c2)C2=C1CN(CC(C)C)C2=O. The number of rotatable bonds is 5. The van der Waals surface area contributed by atoms with Gasteiger partial charge in [-0.2, -0.15) is 0 Å².